The number of piperazine rings is 1. The maximum Gasteiger partial charge on any atom is 0.191 e. The zero-order valence-corrected chi connectivity index (χ0v) is 22.4. The van der Waals surface area contributed by atoms with E-state index in [1.54, 1.807) is 7.05 Å². The predicted molar refractivity (Wildman–Crippen MR) is 152 cm³/mol. The number of nitrogens with zero attached hydrogens (tertiary/aromatic N) is 4. The lowest BCUT2D eigenvalue weighted by atomic mass is 10.1. The van der Waals surface area contributed by atoms with Crippen LogP contribution in [0.3, 0.4) is 0 Å². The third kappa shape index (κ3) is 7.20. The first-order valence-corrected chi connectivity index (χ1v) is 11.7. The maximum absolute atomic E-state index is 5.93. The lowest BCUT2D eigenvalue weighted by molar-refractivity contribution is 0.311. The molecule has 182 valence electrons. The number of halogens is 1. The van der Waals surface area contributed by atoms with Crippen LogP contribution in [0.5, 0.6) is 5.75 Å². The number of likely N-dealkylation sites (N-methyl/N-ethyl adjacent to an activating group) is 1. The molecule has 0 bridgehead atoms. The number of benzene rings is 2. The van der Waals surface area contributed by atoms with E-state index in [0.29, 0.717) is 13.2 Å². The molecule has 1 aliphatic rings. The van der Waals surface area contributed by atoms with Crippen molar-refractivity contribution in [3.63, 3.8) is 0 Å². The Morgan fingerprint density at radius 3 is 2.59 bits per heavy atom. The Labute approximate surface area is 219 Å². The van der Waals surface area contributed by atoms with Gasteiger partial charge < -0.3 is 25.2 Å². The number of hydrogen-bond acceptors (Lipinski definition) is 5. The fourth-order valence-electron chi connectivity index (χ4n) is 4.00. The minimum absolute atomic E-state index is 0. The first kappa shape index (κ1) is 26.0. The summed E-state index contributed by atoms with van der Waals surface area (Å²) in [5.41, 5.74) is 1.18. The molecule has 2 aromatic carbocycles. The quantitative estimate of drug-likeness (QED) is 0.185. The number of anilines is 1. The van der Waals surface area contributed by atoms with Crippen molar-refractivity contribution in [2.75, 3.05) is 58.3 Å². The van der Waals surface area contributed by atoms with Crippen LogP contribution in [-0.4, -0.2) is 69.3 Å². The Morgan fingerprint density at radius 1 is 1.00 bits per heavy atom. The molecule has 0 saturated carbocycles. The highest BCUT2D eigenvalue weighted by Crippen LogP contribution is 2.21. The largest absolute Gasteiger partial charge is 0.494 e. The minimum Gasteiger partial charge on any atom is -0.494 e. The Balaban J connectivity index is 0.00000324. The van der Waals surface area contributed by atoms with Crippen LogP contribution >= 0.6 is 24.0 Å². The van der Waals surface area contributed by atoms with E-state index >= 15 is 0 Å². The van der Waals surface area contributed by atoms with Gasteiger partial charge in [-0.15, -0.1) is 24.0 Å². The van der Waals surface area contributed by atoms with Crippen molar-refractivity contribution in [2.24, 2.45) is 4.99 Å². The Hall–Kier alpha value is -2.59. The SMILES string of the molecule is CN=C(NCCCOc1ccc2ccccc2c1)NCc1cccnc1N1CCN(C)CC1.I. The summed E-state index contributed by atoms with van der Waals surface area (Å²) in [5, 5.41) is 9.23. The van der Waals surface area contributed by atoms with E-state index in [1.807, 2.05) is 24.4 Å². The normalized spacial score (nSPS) is 14.5. The molecule has 0 spiro atoms. The molecule has 1 fully saturated rings. The summed E-state index contributed by atoms with van der Waals surface area (Å²) in [4.78, 5) is 13.7. The van der Waals surface area contributed by atoms with Crippen molar-refractivity contribution in [3.8, 4) is 5.75 Å². The van der Waals surface area contributed by atoms with Crippen LogP contribution in [0, 0.1) is 0 Å². The lowest BCUT2D eigenvalue weighted by Crippen LogP contribution is -2.45. The van der Waals surface area contributed by atoms with Crippen LogP contribution in [-0.2, 0) is 6.54 Å². The lowest BCUT2D eigenvalue weighted by Gasteiger charge is -2.34. The molecule has 1 aliphatic heterocycles. The molecule has 34 heavy (non-hydrogen) atoms. The molecule has 2 N–H and O–H groups in total. The van der Waals surface area contributed by atoms with E-state index in [2.05, 4.69) is 73.9 Å². The molecular formula is C26H35IN6O. The van der Waals surface area contributed by atoms with Crippen molar-refractivity contribution < 1.29 is 4.74 Å². The first-order chi connectivity index (χ1) is 16.2. The van der Waals surface area contributed by atoms with E-state index in [0.717, 1.165) is 56.7 Å². The van der Waals surface area contributed by atoms with Crippen molar-refractivity contribution >= 4 is 46.5 Å². The van der Waals surface area contributed by atoms with E-state index < -0.39 is 0 Å². The molecule has 0 atom stereocenters. The zero-order valence-electron chi connectivity index (χ0n) is 20.0. The van der Waals surface area contributed by atoms with Gasteiger partial charge in [0.25, 0.3) is 0 Å². The molecule has 2 heterocycles. The highest BCUT2D eigenvalue weighted by Gasteiger charge is 2.17. The molecule has 0 unspecified atom stereocenters. The number of fused-ring (bicyclic) bond motifs is 1. The number of nitrogens with one attached hydrogen (secondary N) is 2. The van der Waals surface area contributed by atoms with Crippen molar-refractivity contribution in [3.05, 3.63) is 66.4 Å². The molecule has 1 aromatic heterocycles. The van der Waals surface area contributed by atoms with Crippen LogP contribution < -0.4 is 20.3 Å². The third-order valence-electron chi connectivity index (χ3n) is 5.94. The Bertz CT molecular complexity index is 1070. The summed E-state index contributed by atoms with van der Waals surface area (Å²) >= 11 is 0. The van der Waals surface area contributed by atoms with Crippen molar-refractivity contribution in [1.82, 2.24) is 20.5 Å². The second-order valence-electron chi connectivity index (χ2n) is 8.34. The van der Waals surface area contributed by atoms with Gasteiger partial charge in [-0.2, -0.15) is 0 Å². The van der Waals surface area contributed by atoms with Crippen LogP contribution in [0.2, 0.25) is 0 Å². The number of ether oxygens (including phenoxy) is 1. The highest BCUT2D eigenvalue weighted by molar-refractivity contribution is 14.0. The number of aliphatic imine (C=N–C) groups is 1. The van der Waals surface area contributed by atoms with Crippen LogP contribution in [0.25, 0.3) is 10.8 Å². The van der Waals surface area contributed by atoms with E-state index in [-0.39, 0.29) is 24.0 Å². The smallest absolute Gasteiger partial charge is 0.191 e. The second kappa shape index (κ2) is 13.3. The monoisotopic (exact) mass is 574 g/mol. The number of aromatic nitrogens is 1. The summed E-state index contributed by atoms with van der Waals surface area (Å²) in [6.07, 6.45) is 2.76. The summed E-state index contributed by atoms with van der Waals surface area (Å²) in [5.74, 6) is 2.76. The molecule has 0 aliphatic carbocycles. The predicted octanol–water partition coefficient (Wildman–Crippen LogP) is 3.74. The molecule has 1 saturated heterocycles. The highest BCUT2D eigenvalue weighted by atomic mass is 127. The molecule has 3 aromatic rings. The van der Waals surface area contributed by atoms with Gasteiger partial charge >= 0.3 is 0 Å². The third-order valence-corrected chi connectivity index (χ3v) is 5.94. The van der Waals surface area contributed by atoms with Gasteiger partial charge in [0.15, 0.2) is 5.96 Å². The number of pyridine rings is 1. The number of hydrogen-bond donors (Lipinski definition) is 2. The molecular weight excluding hydrogens is 539 g/mol. The topological polar surface area (TPSA) is 65.0 Å². The second-order valence-corrected chi connectivity index (χ2v) is 8.34. The molecule has 7 nitrogen and oxygen atoms in total. The van der Waals surface area contributed by atoms with E-state index in [1.165, 1.54) is 16.3 Å². The van der Waals surface area contributed by atoms with Gasteiger partial charge in [0, 0.05) is 58.1 Å². The van der Waals surface area contributed by atoms with Gasteiger partial charge in [-0.05, 0) is 42.4 Å². The van der Waals surface area contributed by atoms with Gasteiger partial charge in [0.2, 0.25) is 0 Å². The van der Waals surface area contributed by atoms with E-state index in [4.69, 9.17) is 4.74 Å². The molecule has 4 rings (SSSR count). The summed E-state index contributed by atoms with van der Waals surface area (Å²) in [6.45, 7) is 6.25. The van der Waals surface area contributed by atoms with Gasteiger partial charge in [0.05, 0.1) is 6.61 Å². The van der Waals surface area contributed by atoms with Gasteiger partial charge in [-0.1, -0.05) is 36.4 Å². The average Bonchev–Trinajstić information content (AvgIpc) is 2.86. The molecule has 8 heteroatoms. The first-order valence-electron chi connectivity index (χ1n) is 11.7. The Morgan fingerprint density at radius 2 is 1.79 bits per heavy atom. The van der Waals surface area contributed by atoms with Crippen LogP contribution in [0.1, 0.15) is 12.0 Å². The standard InChI is InChI=1S/C26H34N6O.HI/c1-27-26(29-13-6-18-33-24-11-10-21-7-3-4-8-22(21)19-24)30-20-23-9-5-12-28-25(23)32-16-14-31(2)15-17-32;/h3-5,7-12,19H,6,13-18,20H2,1-2H3,(H2,27,29,30);1H. The van der Waals surface area contributed by atoms with Crippen molar-refractivity contribution in [2.45, 2.75) is 13.0 Å². The summed E-state index contributed by atoms with van der Waals surface area (Å²) < 4.78 is 5.93. The zero-order chi connectivity index (χ0) is 22.9. The summed E-state index contributed by atoms with van der Waals surface area (Å²) in [7, 11) is 3.96. The number of guanidine groups is 1. The average molecular weight is 575 g/mol. The minimum atomic E-state index is 0. The molecule has 0 amide bonds. The summed E-state index contributed by atoms with van der Waals surface area (Å²) in [6, 6.07) is 18.7. The van der Waals surface area contributed by atoms with Gasteiger partial charge in [-0.3, -0.25) is 4.99 Å². The van der Waals surface area contributed by atoms with Gasteiger partial charge in [0.1, 0.15) is 11.6 Å². The van der Waals surface area contributed by atoms with Crippen LogP contribution in [0.4, 0.5) is 5.82 Å². The fourth-order valence-corrected chi connectivity index (χ4v) is 4.00. The fraction of sp³-hybridized carbons (Fsp3) is 0.385. The molecule has 0 radical (unpaired) electrons. The number of rotatable bonds is 8. The van der Waals surface area contributed by atoms with Crippen molar-refractivity contribution in [1.29, 1.82) is 0 Å². The van der Waals surface area contributed by atoms with Gasteiger partial charge in [-0.25, -0.2) is 4.98 Å². The van der Waals surface area contributed by atoms with Crippen LogP contribution in [0.15, 0.2) is 65.8 Å². The Kier molecular flexibility index (Phi) is 10.2. The maximum atomic E-state index is 5.93. The van der Waals surface area contributed by atoms with E-state index in [9.17, 15) is 0 Å².